The van der Waals surface area contributed by atoms with E-state index in [1.165, 1.54) is 4.31 Å². The number of likely N-dealkylation sites (tertiary alicyclic amines) is 1. The number of carbonyl (C=O) groups is 2. The van der Waals surface area contributed by atoms with E-state index in [0.717, 1.165) is 25.8 Å². The summed E-state index contributed by atoms with van der Waals surface area (Å²) in [6.45, 7) is 4.48. The van der Waals surface area contributed by atoms with Crippen molar-refractivity contribution < 1.29 is 18.0 Å². The van der Waals surface area contributed by atoms with Crippen LogP contribution in [-0.2, 0) is 14.8 Å². The number of rotatable bonds is 7. The van der Waals surface area contributed by atoms with Gasteiger partial charge < -0.3 is 10.2 Å². The highest BCUT2D eigenvalue weighted by Crippen LogP contribution is 2.25. The van der Waals surface area contributed by atoms with Gasteiger partial charge in [0, 0.05) is 37.7 Å². The average Bonchev–Trinajstić information content (AvgIpc) is 3.09. The molecule has 0 aromatic heterocycles. The second kappa shape index (κ2) is 9.61. The molecule has 2 aliphatic heterocycles. The van der Waals surface area contributed by atoms with E-state index in [9.17, 15) is 18.0 Å². The van der Waals surface area contributed by atoms with Crippen LogP contribution in [0, 0.1) is 5.92 Å². The molecule has 2 heterocycles. The van der Waals surface area contributed by atoms with Crippen LogP contribution < -0.4 is 9.62 Å². The number of nitrogens with zero attached hydrogens (tertiary/aromatic N) is 2. The Bertz CT molecular complexity index is 815. The first-order valence-corrected chi connectivity index (χ1v) is 12.2. The molecule has 29 heavy (non-hydrogen) atoms. The van der Waals surface area contributed by atoms with Gasteiger partial charge in [0.05, 0.1) is 11.4 Å². The van der Waals surface area contributed by atoms with E-state index < -0.39 is 10.0 Å². The summed E-state index contributed by atoms with van der Waals surface area (Å²) in [5.74, 6) is 0.185. The standard InChI is InChI=1S/C21H31N3O4S/c1-2-3-4-12-22-20(25)17-10-14-23(15-11-17)21(26)18-6-8-19(9-7-18)24-13-5-16-29(24,27)28/h6-9,17H,2-5,10-16H2,1H3,(H,22,25). The molecule has 2 fully saturated rings. The van der Waals surface area contributed by atoms with Crippen LogP contribution in [0.15, 0.2) is 24.3 Å². The molecule has 1 aromatic carbocycles. The molecule has 2 saturated heterocycles. The van der Waals surface area contributed by atoms with Crippen LogP contribution in [0.1, 0.15) is 55.8 Å². The summed E-state index contributed by atoms with van der Waals surface area (Å²) in [5.41, 5.74) is 1.16. The highest BCUT2D eigenvalue weighted by atomic mass is 32.2. The molecule has 7 nitrogen and oxygen atoms in total. The summed E-state index contributed by atoms with van der Waals surface area (Å²) in [6, 6.07) is 6.79. The molecule has 1 aromatic rings. The Balaban J connectivity index is 1.51. The van der Waals surface area contributed by atoms with Crippen LogP contribution in [-0.4, -0.2) is 57.1 Å². The minimum Gasteiger partial charge on any atom is -0.356 e. The van der Waals surface area contributed by atoms with E-state index in [1.54, 1.807) is 29.2 Å². The van der Waals surface area contributed by atoms with Gasteiger partial charge in [-0.15, -0.1) is 0 Å². The Morgan fingerprint density at radius 3 is 2.34 bits per heavy atom. The molecule has 0 atom stereocenters. The molecule has 0 unspecified atom stereocenters. The third kappa shape index (κ3) is 5.29. The lowest BCUT2D eigenvalue weighted by molar-refractivity contribution is -0.126. The van der Waals surface area contributed by atoms with Gasteiger partial charge in [0.1, 0.15) is 0 Å². The van der Waals surface area contributed by atoms with Crippen molar-refractivity contribution in [1.82, 2.24) is 10.2 Å². The smallest absolute Gasteiger partial charge is 0.253 e. The first-order valence-electron chi connectivity index (χ1n) is 10.6. The van der Waals surface area contributed by atoms with Crippen molar-refractivity contribution in [3.8, 4) is 0 Å². The molecular formula is C21H31N3O4S. The van der Waals surface area contributed by atoms with Gasteiger partial charge in [-0.05, 0) is 49.9 Å². The van der Waals surface area contributed by atoms with Gasteiger partial charge in [0.25, 0.3) is 5.91 Å². The summed E-state index contributed by atoms with van der Waals surface area (Å²) in [7, 11) is -3.22. The van der Waals surface area contributed by atoms with Crippen molar-refractivity contribution in [2.24, 2.45) is 5.92 Å². The van der Waals surface area contributed by atoms with E-state index in [0.29, 0.717) is 50.1 Å². The zero-order valence-corrected chi connectivity index (χ0v) is 17.9. The van der Waals surface area contributed by atoms with Gasteiger partial charge in [-0.2, -0.15) is 0 Å². The maximum atomic E-state index is 12.8. The number of hydrogen-bond acceptors (Lipinski definition) is 4. The first-order chi connectivity index (χ1) is 13.9. The van der Waals surface area contributed by atoms with Gasteiger partial charge >= 0.3 is 0 Å². The fourth-order valence-corrected chi connectivity index (χ4v) is 5.52. The molecule has 0 spiro atoms. The van der Waals surface area contributed by atoms with Crippen LogP contribution in [0.25, 0.3) is 0 Å². The topological polar surface area (TPSA) is 86.8 Å². The SMILES string of the molecule is CCCCCNC(=O)C1CCN(C(=O)c2ccc(N3CCCS3(=O)=O)cc2)CC1. The Hall–Kier alpha value is -2.09. The molecule has 2 aliphatic rings. The molecule has 2 amide bonds. The number of anilines is 1. The van der Waals surface area contributed by atoms with Crippen LogP contribution >= 0.6 is 0 Å². The second-order valence-electron chi connectivity index (χ2n) is 7.85. The normalized spacial score (nSPS) is 19.3. The lowest BCUT2D eigenvalue weighted by Gasteiger charge is -2.31. The molecule has 0 aliphatic carbocycles. The summed E-state index contributed by atoms with van der Waals surface area (Å²) < 4.78 is 25.5. The third-order valence-electron chi connectivity index (χ3n) is 5.73. The lowest BCUT2D eigenvalue weighted by Crippen LogP contribution is -2.43. The molecule has 8 heteroatoms. The van der Waals surface area contributed by atoms with Gasteiger partial charge in [-0.25, -0.2) is 8.42 Å². The third-order valence-corrected chi connectivity index (χ3v) is 7.60. The molecular weight excluding hydrogens is 390 g/mol. The van der Waals surface area contributed by atoms with Gasteiger partial charge in [0.15, 0.2) is 0 Å². The lowest BCUT2D eigenvalue weighted by atomic mass is 9.95. The molecule has 3 rings (SSSR count). The minimum atomic E-state index is -3.22. The quantitative estimate of drug-likeness (QED) is 0.685. The molecule has 1 N–H and O–H groups in total. The van der Waals surface area contributed by atoms with Crippen molar-refractivity contribution in [3.05, 3.63) is 29.8 Å². The molecule has 160 valence electrons. The van der Waals surface area contributed by atoms with Crippen LogP contribution in [0.5, 0.6) is 0 Å². The minimum absolute atomic E-state index is 0.0246. The number of unbranched alkanes of at least 4 members (excludes halogenated alkanes) is 2. The summed E-state index contributed by atoms with van der Waals surface area (Å²) in [6.07, 6.45) is 5.24. The molecule has 0 radical (unpaired) electrons. The number of piperidine rings is 1. The highest BCUT2D eigenvalue weighted by molar-refractivity contribution is 7.93. The van der Waals surface area contributed by atoms with Crippen LogP contribution in [0.4, 0.5) is 5.69 Å². The largest absolute Gasteiger partial charge is 0.356 e. The second-order valence-corrected chi connectivity index (χ2v) is 9.87. The zero-order chi connectivity index (χ0) is 20.9. The fraction of sp³-hybridized carbons (Fsp3) is 0.619. The molecule has 0 bridgehead atoms. The Morgan fingerprint density at radius 1 is 1.07 bits per heavy atom. The monoisotopic (exact) mass is 421 g/mol. The predicted molar refractivity (Wildman–Crippen MR) is 113 cm³/mol. The Morgan fingerprint density at radius 2 is 1.76 bits per heavy atom. The predicted octanol–water partition coefficient (Wildman–Crippen LogP) is 2.39. The van der Waals surface area contributed by atoms with Crippen LogP contribution in [0.3, 0.4) is 0 Å². The van der Waals surface area contributed by atoms with Crippen molar-refractivity contribution in [3.63, 3.8) is 0 Å². The van der Waals surface area contributed by atoms with E-state index >= 15 is 0 Å². The van der Waals surface area contributed by atoms with Crippen molar-refractivity contribution in [2.45, 2.75) is 45.4 Å². The number of amides is 2. The van der Waals surface area contributed by atoms with Crippen molar-refractivity contribution in [2.75, 3.05) is 36.2 Å². The van der Waals surface area contributed by atoms with Gasteiger partial charge in [-0.1, -0.05) is 19.8 Å². The number of sulfonamides is 1. The van der Waals surface area contributed by atoms with E-state index in [2.05, 4.69) is 12.2 Å². The fourth-order valence-electron chi connectivity index (χ4n) is 3.96. The van der Waals surface area contributed by atoms with Gasteiger partial charge in [-0.3, -0.25) is 13.9 Å². The number of nitrogens with one attached hydrogen (secondary N) is 1. The maximum Gasteiger partial charge on any atom is 0.253 e. The first kappa shape index (κ1) is 21.6. The van der Waals surface area contributed by atoms with E-state index in [4.69, 9.17) is 0 Å². The summed E-state index contributed by atoms with van der Waals surface area (Å²) in [4.78, 5) is 26.8. The van der Waals surface area contributed by atoms with Crippen molar-refractivity contribution >= 4 is 27.5 Å². The summed E-state index contributed by atoms with van der Waals surface area (Å²) >= 11 is 0. The summed E-state index contributed by atoms with van der Waals surface area (Å²) in [5, 5.41) is 3.01. The highest BCUT2D eigenvalue weighted by Gasteiger charge is 2.30. The van der Waals surface area contributed by atoms with Gasteiger partial charge in [0.2, 0.25) is 15.9 Å². The maximum absolute atomic E-state index is 12.8. The van der Waals surface area contributed by atoms with E-state index in [1.807, 2.05) is 0 Å². The van der Waals surface area contributed by atoms with E-state index in [-0.39, 0.29) is 23.5 Å². The average molecular weight is 422 g/mol. The Kier molecular flexibility index (Phi) is 7.16. The number of carbonyl (C=O) groups excluding carboxylic acids is 2. The molecule has 0 saturated carbocycles. The Labute approximate surface area is 173 Å². The van der Waals surface area contributed by atoms with Crippen molar-refractivity contribution in [1.29, 1.82) is 0 Å². The van der Waals surface area contributed by atoms with Crippen LogP contribution in [0.2, 0.25) is 0 Å². The zero-order valence-electron chi connectivity index (χ0n) is 17.1. The number of benzene rings is 1. The number of hydrogen-bond donors (Lipinski definition) is 1.